The van der Waals surface area contributed by atoms with Crippen LogP contribution in [-0.4, -0.2) is 82.4 Å². The van der Waals surface area contributed by atoms with Crippen molar-refractivity contribution in [1.29, 1.82) is 0 Å². The lowest BCUT2D eigenvalue weighted by molar-refractivity contribution is -0.137. The quantitative estimate of drug-likeness (QED) is 0.313. The molecule has 0 unspecified atom stereocenters. The number of benzene rings is 2. The van der Waals surface area contributed by atoms with Crippen molar-refractivity contribution in [1.82, 2.24) is 24.9 Å². The second-order valence-corrected chi connectivity index (χ2v) is 10.7. The summed E-state index contributed by atoms with van der Waals surface area (Å²) in [6.45, 7) is 6.68. The number of carbonyl (C=O) groups is 4. The molecule has 1 saturated heterocycles. The maximum Gasteiger partial charge on any atom is 0.245 e. The summed E-state index contributed by atoms with van der Waals surface area (Å²) in [6, 6.07) is 14.0. The number of amides is 3. The van der Waals surface area contributed by atoms with Crippen molar-refractivity contribution in [3.63, 3.8) is 0 Å². The highest BCUT2D eigenvalue weighted by atomic mass is 19.1. The predicted octanol–water partition coefficient (Wildman–Crippen LogP) is 3.25. The van der Waals surface area contributed by atoms with E-state index < -0.39 is 23.7 Å². The molecular weight excluding hydrogens is 551 g/mol. The topological polar surface area (TPSA) is 117 Å². The number of hydrogen-bond acceptors (Lipinski definition) is 6. The van der Waals surface area contributed by atoms with Gasteiger partial charge in [0, 0.05) is 58.2 Å². The number of ketones is 1. The number of aryl methyl sites for hydroxylation is 1. The molecule has 0 saturated carbocycles. The van der Waals surface area contributed by atoms with Gasteiger partial charge in [-0.15, -0.1) is 0 Å². The number of hydrogen-bond donors (Lipinski definition) is 2. The molecule has 2 atom stereocenters. The Labute approximate surface area is 251 Å². The van der Waals surface area contributed by atoms with Crippen LogP contribution in [0, 0.1) is 5.82 Å². The fraction of sp³-hybridized carbons (Fsp3) is 0.406. The molecule has 11 heteroatoms. The highest BCUT2D eigenvalue weighted by Gasteiger charge is 2.29. The van der Waals surface area contributed by atoms with Gasteiger partial charge in [-0.2, -0.15) is 5.10 Å². The Morgan fingerprint density at radius 2 is 1.70 bits per heavy atom. The van der Waals surface area contributed by atoms with E-state index in [0.717, 1.165) is 13.1 Å². The Bertz CT molecular complexity index is 1430. The molecule has 228 valence electrons. The Morgan fingerprint density at radius 1 is 0.977 bits per heavy atom. The van der Waals surface area contributed by atoms with Gasteiger partial charge in [-0.25, -0.2) is 4.39 Å². The number of nitrogens with zero attached hydrogens (tertiary/aromatic N) is 4. The molecule has 3 aromatic rings. The lowest BCUT2D eigenvalue weighted by atomic mass is 9.91. The van der Waals surface area contributed by atoms with Crippen molar-refractivity contribution in [2.24, 2.45) is 0 Å². The summed E-state index contributed by atoms with van der Waals surface area (Å²) in [6.07, 6.45) is 1.75. The minimum atomic E-state index is -0.858. The smallest absolute Gasteiger partial charge is 0.245 e. The van der Waals surface area contributed by atoms with E-state index in [0.29, 0.717) is 36.5 Å². The molecule has 1 aliphatic heterocycles. The van der Waals surface area contributed by atoms with Gasteiger partial charge in [-0.1, -0.05) is 43.3 Å². The van der Waals surface area contributed by atoms with Gasteiger partial charge in [0.05, 0.1) is 11.6 Å². The van der Waals surface area contributed by atoms with E-state index in [1.54, 1.807) is 59.1 Å². The number of Topliss-reactive ketones (excluding diaryl/α,β-unsaturated/α-hetero) is 1. The fourth-order valence-corrected chi connectivity index (χ4v) is 5.14. The molecule has 0 spiro atoms. The maximum atomic E-state index is 15.4. The first-order valence-electron chi connectivity index (χ1n) is 14.7. The van der Waals surface area contributed by atoms with Gasteiger partial charge < -0.3 is 20.4 Å². The molecule has 10 nitrogen and oxygen atoms in total. The van der Waals surface area contributed by atoms with Gasteiger partial charge in [0.15, 0.2) is 5.78 Å². The Morgan fingerprint density at radius 3 is 2.35 bits per heavy atom. The van der Waals surface area contributed by atoms with Crippen LogP contribution in [-0.2, 0) is 27.3 Å². The normalized spacial score (nSPS) is 15.0. The van der Waals surface area contributed by atoms with Crippen LogP contribution in [0.3, 0.4) is 0 Å². The SMILES string of the molecule is CCC(=O)N[C@H](Cc1ccc(NC(=O)[C@@H](CC(=O)c2ccnn2CC)c2ccccc2)c(F)c1)C(=O)N1CCN(C)CC1. The van der Waals surface area contributed by atoms with E-state index in [1.165, 1.54) is 12.1 Å². The third-order valence-corrected chi connectivity index (χ3v) is 7.71. The van der Waals surface area contributed by atoms with E-state index in [9.17, 15) is 19.2 Å². The Hall–Kier alpha value is -4.38. The second kappa shape index (κ2) is 14.7. The third kappa shape index (κ3) is 8.13. The molecule has 3 amide bonds. The molecule has 1 aromatic heterocycles. The molecule has 2 heterocycles. The van der Waals surface area contributed by atoms with Gasteiger partial charge in [-0.05, 0) is 43.3 Å². The summed E-state index contributed by atoms with van der Waals surface area (Å²) in [5.41, 5.74) is 1.50. The lowest BCUT2D eigenvalue weighted by Gasteiger charge is -2.34. The number of likely N-dealkylation sites (N-methyl/N-ethyl adjacent to an activating group) is 1. The number of anilines is 1. The minimum Gasteiger partial charge on any atom is -0.344 e. The van der Waals surface area contributed by atoms with Gasteiger partial charge in [0.25, 0.3) is 0 Å². The molecule has 1 aliphatic rings. The molecule has 0 bridgehead atoms. The minimum absolute atomic E-state index is 0.0414. The van der Waals surface area contributed by atoms with E-state index in [1.807, 2.05) is 20.0 Å². The Kier molecular flexibility index (Phi) is 10.8. The van der Waals surface area contributed by atoms with E-state index in [4.69, 9.17) is 0 Å². The van der Waals surface area contributed by atoms with Crippen LogP contribution in [0.25, 0.3) is 0 Å². The number of aromatic nitrogens is 2. The molecule has 0 radical (unpaired) electrons. The van der Waals surface area contributed by atoms with Crippen molar-refractivity contribution < 1.29 is 23.6 Å². The molecule has 2 N–H and O–H groups in total. The number of halogens is 1. The van der Waals surface area contributed by atoms with Gasteiger partial charge >= 0.3 is 0 Å². The lowest BCUT2D eigenvalue weighted by Crippen LogP contribution is -2.54. The van der Waals surface area contributed by atoms with Crippen LogP contribution in [0.15, 0.2) is 60.8 Å². The van der Waals surface area contributed by atoms with Crippen LogP contribution >= 0.6 is 0 Å². The molecule has 43 heavy (non-hydrogen) atoms. The van der Waals surface area contributed by atoms with Crippen molar-refractivity contribution in [3.05, 3.63) is 83.4 Å². The largest absolute Gasteiger partial charge is 0.344 e. The van der Waals surface area contributed by atoms with Gasteiger partial charge in [0.1, 0.15) is 17.6 Å². The zero-order valence-corrected chi connectivity index (χ0v) is 24.9. The zero-order chi connectivity index (χ0) is 30.9. The van der Waals surface area contributed by atoms with Gasteiger partial charge in [0.2, 0.25) is 17.7 Å². The Balaban J connectivity index is 1.50. The summed E-state index contributed by atoms with van der Waals surface area (Å²) in [7, 11) is 1.99. The average Bonchev–Trinajstić information content (AvgIpc) is 3.50. The van der Waals surface area contributed by atoms with Crippen LogP contribution in [0.1, 0.15) is 54.2 Å². The zero-order valence-electron chi connectivity index (χ0n) is 24.9. The first-order chi connectivity index (χ1) is 20.7. The third-order valence-electron chi connectivity index (χ3n) is 7.71. The van der Waals surface area contributed by atoms with Crippen LogP contribution in [0.5, 0.6) is 0 Å². The summed E-state index contributed by atoms with van der Waals surface area (Å²) < 4.78 is 16.9. The summed E-state index contributed by atoms with van der Waals surface area (Å²) >= 11 is 0. The van der Waals surface area contributed by atoms with Crippen molar-refractivity contribution >= 4 is 29.2 Å². The molecule has 1 fully saturated rings. The van der Waals surface area contributed by atoms with Crippen molar-refractivity contribution in [2.45, 2.75) is 51.6 Å². The standard InChI is InChI=1S/C32H39FN6O4/c1-4-30(41)35-27(32(43)38-17-15-37(3)16-18-38)20-22-11-12-26(25(33)19-22)36-31(42)24(23-9-7-6-8-10-23)21-29(40)28-13-14-34-39(28)5-2/h6-14,19,24,27H,4-5,15-18,20-21H2,1-3H3,(H,35,41)(H,36,42)/t24-,27+/m0/s1. The first kappa shape index (κ1) is 31.6. The summed E-state index contributed by atoms with van der Waals surface area (Å²) in [5.74, 6) is -2.77. The van der Waals surface area contributed by atoms with Crippen molar-refractivity contribution in [2.75, 3.05) is 38.5 Å². The molecule has 2 aromatic carbocycles. The fourth-order valence-electron chi connectivity index (χ4n) is 5.14. The maximum absolute atomic E-state index is 15.4. The van der Waals surface area contributed by atoms with E-state index >= 15 is 4.39 Å². The molecule has 4 rings (SSSR count). The van der Waals surface area contributed by atoms with Crippen LogP contribution < -0.4 is 10.6 Å². The van der Waals surface area contributed by atoms with Crippen molar-refractivity contribution in [3.8, 4) is 0 Å². The first-order valence-corrected chi connectivity index (χ1v) is 14.7. The van der Waals surface area contributed by atoms with E-state index in [-0.39, 0.29) is 42.5 Å². The highest BCUT2D eigenvalue weighted by Crippen LogP contribution is 2.26. The van der Waals surface area contributed by atoms with Crippen LogP contribution in [0.2, 0.25) is 0 Å². The summed E-state index contributed by atoms with van der Waals surface area (Å²) in [4.78, 5) is 56.0. The average molecular weight is 591 g/mol. The monoisotopic (exact) mass is 590 g/mol. The second-order valence-electron chi connectivity index (χ2n) is 10.7. The van der Waals surface area contributed by atoms with Crippen LogP contribution in [0.4, 0.5) is 10.1 Å². The number of rotatable bonds is 12. The number of nitrogens with one attached hydrogen (secondary N) is 2. The molecular formula is C32H39FN6O4. The van der Waals surface area contributed by atoms with E-state index in [2.05, 4.69) is 20.6 Å². The number of piperazine rings is 1. The highest BCUT2D eigenvalue weighted by molar-refractivity contribution is 6.02. The number of carbonyl (C=O) groups excluding carboxylic acids is 4. The molecule has 0 aliphatic carbocycles. The summed E-state index contributed by atoms with van der Waals surface area (Å²) in [5, 5.41) is 9.58. The predicted molar refractivity (Wildman–Crippen MR) is 161 cm³/mol. The van der Waals surface area contributed by atoms with Gasteiger partial charge in [-0.3, -0.25) is 23.9 Å².